The molecule has 2 aromatic carbocycles. The van der Waals surface area contributed by atoms with Crippen molar-refractivity contribution in [3.63, 3.8) is 0 Å². The van der Waals surface area contributed by atoms with Crippen LogP contribution in [0, 0.1) is 0 Å². The van der Waals surface area contributed by atoms with Gasteiger partial charge in [0, 0.05) is 37.7 Å². The number of ether oxygens (including phenoxy) is 1. The topological polar surface area (TPSA) is 98.5 Å². The number of hydrogen-bond donors (Lipinski definition) is 1. The van der Waals surface area contributed by atoms with E-state index in [0.717, 1.165) is 16.7 Å². The fourth-order valence-electron chi connectivity index (χ4n) is 3.90. The highest BCUT2D eigenvalue weighted by atomic mass is 32.2. The lowest BCUT2D eigenvalue weighted by Crippen LogP contribution is -2.40. The molecule has 9 nitrogen and oxygen atoms in total. The highest BCUT2D eigenvalue weighted by Gasteiger charge is 2.28. The van der Waals surface area contributed by atoms with Gasteiger partial charge in [0.2, 0.25) is 10.0 Å². The predicted molar refractivity (Wildman–Crippen MR) is 124 cm³/mol. The van der Waals surface area contributed by atoms with Gasteiger partial charge in [-0.05, 0) is 42.5 Å². The summed E-state index contributed by atoms with van der Waals surface area (Å²) in [6, 6.07) is 16.6. The molecule has 0 bridgehead atoms. The third kappa shape index (κ3) is 4.04. The minimum absolute atomic E-state index is 0.0967. The second-order valence-corrected chi connectivity index (χ2v) is 9.73. The number of carbonyl (C=O) groups is 1. The Morgan fingerprint density at radius 3 is 2.55 bits per heavy atom. The number of carbonyl (C=O) groups excluding carboxylic acids is 1. The molecule has 5 rings (SSSR count). The van der Waals surface area contributed by atoms with E-state index < -0.39 is 10.0 Å². The molecule has 2 aromatic heterocycles. The number of imidazole rings is 1. The van der Waals surface area contributed by atoms with Crippen LogP contribution >= 0.6 is 0 Å². The van der Waals surface area contributed by atoms with Gasteiger partial charge >= 0.3 is 0 Å². The molecule has 1 fully saturated rings. The van der Waals surface area contributed by atoms with Crippen molar-refractivity contribution in [3.05, 3.63) is 72.8 Å². The van der Waals surface area contributed by atoms with Crippen LogP contribution in [0.2, 0.25) is 0 Å². The monoisotopic (exact) mass is 465 g/mol. The van der Waals surface area contributed by atoms with Crippen molar-refractivity contribution in [1.82, 2.24) is 18.4 Å². The van der Waals surface area contributed by atoms with Gasteiger partial charge < -0.3 is 14.6 Å². The zero-order valence-electron chi connectivity index (χ0n) is 18.0. The van der Waals surface area contributed by atoms with Crippen LogP contribution in [0.15, 0.2) is 72.0 Å². The molecule has 1 aliphatic heterocycles. The molecule has 1 N–H and O–H groups in total. The van der Waals surface area contributed by atoms with Crippen molar-refractivity contribution in [2.75, 3.05) is 31.6 Å². The molecule has 1 saturated heterocycles. The van der Waals surface area contributed by atoms with Crippen LogP contribution in [0.4, 0.5) is 5.69 Å². The Morgan fingerprint density at radius 2 is 1.79 bits per heavy atom. The Balaban J connectivity index is 1.34. The van der Waals surface area contributed by atoms with Crippen LogP contribution in [0.5, 0.6) is 0 Å². The fourth-order valence-corrected chi connectivity index (χ4v) is 5.38. The molecule has 0 atom stereocenters. The van der Waals surface area contributed by atoms with Gasteiger partial charge in [-0.15, -0.1) is 0 Å². The lowest BCUT2D eigenvalue weighted by Gasteiger charge is -2.25. The molecule has 4 aromatic rings. The van der Waals surface area contributed by atoms with Gasteiger partial charge in [-0.2, -0.15) is 4.31 Å². The zero-order chi connectivity index (χ0) is 23.0. The fraction of sp³-hybridized carbons (Fsp3) is 0.217. The Morgan fingerprint density at radius 1 is 1.06 bits per heavy atom. The van der Waals surface area contributed by atoms with Crippen molar-refractivity contribution < 1.29 is 17.9 Å². The predicted octanol–water partition coefficient (Wildman–Crippen LogP) is 2.64. The highest BCUT2D eigenvalue weighted by molar-refractivity contribution is 7.89. The van der Waals surface area contributed by atoms with E-state index in [2.05, 4.69) is 10.3 Å². The number of fused-ring (bicyclic) bond motifs is 1. The van der Waals surface area contributed by atoms with Crippen LogP contribution in [-0.4, -0.2) is 59.1 Å². The second kappa shape index (κ2) is 8.47. The summed E-state index contributed by atoms with van der Waals surface area (Å²) in [5, 5.41) is 2.84. The number of aromatic nitrogens is 3. The number of aryl methyl sites for hydroxylation is 1. The minimum atomic E-state index is -3.67. The Hall–Kier alpha value is -3.47. The number of anilines is 1. The zero-order valence-corrected chi connectivity index (χ0v) is 18.8. The molecule has 0 spiro atoms. The third-order valence-electron chi connectivity index (χ3n) is 5.68. The lowest BCUT2D eigenvalue weighted by molar-refractivity contribution is 0.0730. The summed E-state index contributed by atoms with van der Waals surface area (Å²) in [5.41, 5.74) is 3.67. The van der Waals surface area contributed by atoms with Crippen LogP contribution < -0.4 is 5.32 Å². The summed E-state index contributed by atoms with van der Waals surface area (Å²) in [6.45, 7) is 1.34. The number of nitrogens with one attached hydrogen (secondary N) is 1. The summed E-state index contributed by atoms with van der Waals surface area (Å²) in [5.74, 6) is -0.387. The van der Waals surface area contributed by atoms with E-state index in [-0.39, 0.29) is 16.5 Å². The number of rotatable bonds is 5. The summed E-state index contributed by atoms with van der Waals surface area (Å²) >= 11 is 0. The average Bonchev–Trinajstić information content (AvgIpc) is 3.44. The first-order chi connectivity index (χ1) is 15.9. The van der Waals surface area contributed by atoms with Gasteiger partial charge in [-0.3, -0.25) is 9.36 Å². The number of morpholine rings is 1. The van der Waals surface area contributed by atoms with Crippen molar-refractivity contribution in [2.24, 2.45) is 7.05 Å². The Bertz CT molecular complexity index is 1420. The van der Waals surface area contributed by atoms with E-state index in [9.17, 15) is 13.2 Å². The van der Waals surface area contributed by atoms with E-state index in [1.807, 2.05) is 41.0 Å². The normalized spacial score (nSPS) is 15.1. The first kappa shape index (κ1) is 21.4. The number of sulfonamides is 1. The van der Waals surface area contributed by atoms with Crippen LogP contribution in [0.1, 0.15) is 10.5 Å². The molecule has 0 radical (unpaired) electrons. The van der Waals surface area contributed by atoms with Gasteiger partial charge in [0.15, 0.2) is 0 Å². The molecule has 1 aliphatic rings. The van der Waals surface area contributed by atoms with E-state index in [1.54, 1.807) is 25.5 Å². The molecule has 170 valence electrons. The molecule has 0 unspecified atom stereocenters. The van der Waals surface area contributed by atoms with Crippen molar-refractivity contribution in [3.8, 4) is 5.69 Å². The van der Waals surface area contributed by atoms with Gasteiger partial charge in [0.05, 0.1) is 24.2 Å². The van der Waals surface area contributed by atoms with E-state index in [0.29, 0.717) is 32.0 Å². The standard InChI is InChI=1S/C23H23N5O4S/c1-26-15-19(33(30,31)27-10-12-32-13-11-27)14-22(26)23(29)25-17-6-8-18(9-7-17)28-16-24-20-4-2-3-5-21(20)28/h2-9,14-16H,10-13H2,1H3,(H,25,29). The smallest absolute Gasteiger partial charge is 0.272 e. The van der Waals surface area contributed by atoms with Crippen molar-refractivity contribution in [1.29, 1.82) is 0 Å². The molecule has 33 heavy (non-hydrogen) atoms. The molecule has 1 amide bonds. The van der Waals surface area contributed by atoms with Crippen LogP contribution in [0.25, 0.3) is 16.7 Å². The maximum Gasteiger partial charge on any atom is 0.272 e. The summed E-state index contributed by atoms with van der Waals surface area (Å²) < 4.78 is 35.9. The lowest BCUT2D eigenvalue weighted by atomic mass is 10.2. The summed E-state index contributed by atoms with van der Waals surface area (Å²) in [4.78, 5) is 17.4. The number of hydrogen-bond acceptors (Lipinski definition) is 5. The molecule has 0 saturated carbocycles. The first-order valence-corrected chi connectivity index (χ1v) is 12.0. The summed E-state index contributed by atoms with van der Waals surface area (Å²) in [7, 11) is -2.02. The van der Waals surface area contributed by atoms with Gasteiger partial charge in [0.1, 0.15) is 16.9 Å². The molecule has 3 heterocycles. The number of nitrogens with zero attached hydrogens (tertiary/aromatic N) is 4. The van der Waals surface area contributed by atoms with E-state index in [1.165, 1.54) is 21.1 Å². The highest BCUT2D eigenvalue weighted by Crippen LogP contribution is 2.22. The van der Waals surface area contributed by atoms with E-state index in [4.69, 9.17) is 4.74 Å². The quantitative estimate of drug-likeness (QED) is 0.489. The number of amides is 1. The first-order valence-electron chi connectivity index (χ1n) is 10.5. The maximum absolute atomic E-state index is 12.9. The molecular formula is C23H23N5O4S. The second-order valence-electron chi connectivity index (χ2n) is 7.79. The largest absolute Gasteiger partial charge is 0.379 e. The van der Waals surface area contributed by atoms with Crippen molar-refractivity contribution >= 4 is 32.7 Å². The maximum atomic E-state index is 12.9. The van der Waals surface area contributed by atoms with Crippen molar-refractivity contribution in [2.45, 2.75) is 4.90 Å². The molecule has 0 aliphatic carbocycles. The van der Waals surface area contributed by atoms with Gasteiger partial charge in [-0.1, -0.05) is 12.1 Å². The average molecular weight is 466 g/mol. The molecule has 10 heteroatoms. The Labute approximate surface area is 191 Å². The van der Waals surface area contributed by atoms with Gasteiger partial charge in [-0.25, -0.2) is 13.4 Å². The van der Waals surface area contributed by atoms with Crippen LogP contribution in [0.3, 0.4) is 0 Å². The van der Waals surface area contributed by atoms with Crippen LogP contribution in [-0.2, 0) is 21.8 Å². The third-order valence-corrected chi connectivity index (χ3v) is 7.54. The van der Waals surface area contributed by atoms with Gasteiger partial charge in [0.25, 0.3) is 5.91 Å². The Kier molecular flexibility index (Phi) is 5.49. The van der Waals surface area contributed by atoms with E-state index >= 15 is 0 Å². The minimum Gasteiger partial charge on any atom is -0.379 e. The number of benzene rings is 2. The molecular weight excluding hydrogens is 442 g/mol. The summed E-state index contributed by atoms with van der Waals surface area (Å²) in [6.07, 6.45) is 3.23. The SMILES string of the molecule is Cn1cc(S(=O)(=O)N2CCOCC2)cc1C(=O)Nc1ccc(-n2cnc3ccccc32)cc1. The number of para-hydroxylation sites is 2.